The summed E-state index contributed by atoms with van der Waals surface area (Å²) in [5.41, 5.74) is -1.13. The highest BCUT2D eigenvalue weighted by Gasteiger charge is 2.22. The molecule has 0 radical (unpaired) electrons. The lowest BCUT2D eigenvalue weighted by atomic mass is 10.2. The van der Waals surface area contributed by atoms with Crippen LogP contribution in [0.3, 0.4) is 0 Å². The van der Waals surface area contributed by atoms with Gasteiger partial charge in [0, 0.05) is 0 Å². The molecule has 0 saturated heterocycles. The Morgan fingerprint density at radius 3 is 1.50 bits per heavy atom. The Bertz CT molecular complexity index is 881. The van der Waals surface area contributed by atoms with Crippen LogP contribution in [-0.4, -0.2) is 31.4 Å². The van der Waals surface area contributed by atoms with Gasteiger partial charge in [-0.15, -0.1) is 0 Å². The molecule has 0 spiro atoms. The van der Waals surface area contributed by atoms with Crippen LogP contribution in [0.4, 0.5) is 37.7 Å². The number of carbonyl (C=O) groups excluding carboxylic acids is 2. The molecular weight excluding hydrogens is 416 g/mol. The minimum atomic E-state index is -1.74. The molecule has 0 aliphatic carbocycles. The minimum absolute atomic E-state index is 0.307. The van der Waals surface area contributed by atoms with Gasteiger partial charge >= 0.3 is 0 Å². The monoisotopic (exact) mass is 434 g/mol. The maximum absolute atomic E-state index is 13.7. The standard InChI is InChI=1S/C19H17F6N3O2/c1-2-7-28(8-14(29)26-12-5-3-10(20)16(22)18(12)24)9-15(30)27-13-6-4-11(21)17(23)19(13)25/h3-6H,2,7-9H2,1H3,(H,26,29)(H,27,30)/p+1. The van der Waals surface area contributed by atoms with Gasteiger partial charge in [-0.1, -0.05) is 6.92 Å². The normalized spacial score (nSPS) is 10.9. The van der Waals surface area contributed by atoms with E-state index in [0.717, 1.165) is 12.1 Å². The number of amides is 2. The molecule has 0 aliphatic rings. The van der Waals surface area contributed by atoms with Gasteiger partial charge < -0.3 is 15.5 Å². The number of hydrogen-bond acceptors (Lipinski definition) is 2. The maximum atomic E-state index is 13.7. The summed E-state index contributed by atoms with van der Waals surface area (Å²) in [6.07, 6.45) is 0.537. The average Bonchev–Trinajstić information content (AvgIpc) is 2.69. The lowest BCUT2D eigenvalue weighted by Gasteiger charge is -2.18. The Hall–Kier alpha value is -3.08. The Labute approximate surface area is 167 Å². The first-order valence-electron chi connectivity index (χ1n) is 8.84. The third-order valence-corrected chi connectivity index (χ3v) is 4.04. The fourth-order valence-corrected chi connectivity index (χ4v) is 2.68. The maximum Gasteiger partial charge on any atom is 0.279 e. The van der Waals surface area contributed by atoms with Crippen molar-refractivity contribution in [1.29, 1.82) is 0 Å². The molecule has 2 aromatic rings. The van der Waals surface area contributed by atoms with Crippen LogP contribution < -0.4 is 15.5 Å². The molecule has 30 heavy (non-hydrogen) atoms. The largest absolute Gasteiger partial charge is 0.319 e. The van der Waals surface area contributed by atoms with Crippen LogP contribution >= 0.6 is 0 Å². The number of anilines is 2. The van der Waals surface area contributed by atoms with E-state index in [9.17, 15) is 35.9 Å². The molecule has 2 amide bonds. The fraction of sp³-hybridized carbons (Fsp3) is 0.263. The smallest absolute Gasteiger partial charge is 0.279 e. The van der Waals surface area contributed by atoms with Gasteiger partial charge in [0.1, 0.15) is 0 Å². The SMILES string of the molecule is CCC[NH+](CC(=O)Nc1ccc(F)c(F)c1F)CC(=O)Nc1ccc(F)c(F)c1F. The summed E-state index contributed by atoms with van der Waals surface area (Å²) in [6, 6.07) is 3.00. The molecule has 0 unspecified atom stereocenters. The van der Waals surface area contributed by atoms with Crippen LogP contribution in [0.25, 0.3) is 0 Å². The summed E-state index contributed by atoms with van der Waals surface area (Å²) in [5, 5.41) is 4.18. The molecule has 0 bridgehead atoms. The van der Waals surface area contributed by atoms with E-state index >= 15 is 0 Å². The molecule has 0 atom stereocenters. The molecule has 0 heterocycles. The topological polar surface area (TPSA) is 62.6 Å². The van der Waals surface area contributed by atoms with Gasteiger partial charge in [0.05, 0.1) is 17.9 Å². The Kier molecular flexibility index (Phi) is 7.81. The highest BCUT2D eigenvalue weighted by Crippen LogP contribution is 2.20. The summed E-state index contributed by atoms with van der Waals surface area (Å²) >= 11 is 0. The number of carbonyl (C=O) groups is 2. The minimum Gasteiger partial charge on any atom is -0.319 e. The van der Waals surface area contributed by atoms with Crippen molar-refractivity contribution < 1.29 is 40.8 Å². The van der Waals surface area contributed by atoms with Crippen molar-refractivity contribution >= 4 is 23.2 Å². The zero-order chi connectivity index (χ0) is 22.4. The van der Waals surface area contributed by atoms with Crippen molar-refractivity contribution in [1.82, 2.24) is 0 Å². The number of quaternary nitrogens is 1. The van der Waals surface area contributed by atoms with E-state index in [1.165, 1.54) is 0 Å². The molecule has 0 aromatic heterocycles. The lowest BCUT2D eigenvalue weighted by molar-refractivity contribution is -0.883. The van der Waals surface area contributed by atoms with Crippen molar-refractivity contribution in [3.8, 4) is 0 Å². The quantitative estimate of drug-likeness (QED) is 0.442. The third kappa shape index (κ3) is 5.72. The first-order valence-corrected chi connectivity index (χ1v) is 8.84. The third-order valence-electron chi connectivity index (χ3n) is 4.04. The van der Waals surface area contributed by atoms with Gasteiger partial charge in [-0.2, -0.15) is 0 Å². The Morgan fingerprint density at radius 2 is 1.13 bits per heavy atom. The van der Waals surface area contributed by atoms with Gasteiger partial charge in [0.2, 0.25) is 0 Å². The summed E-state index contributed by atoms with van der Waals surface area (Å²) in [7, 11) is 0. The molecule has 0 saturated carbocycles. The van der Waals surface area contributed by atoms with Gasteiger partial charge in [-0.3, -0.25) is 9.59 Å². The highest BCUT2D eigenvalue weighted by atomic mass is 19.2. The van der Waals surface area contributed by atoms with Crippen molar-refractivity contribution in [2.75, 3.05) is 30.3 Å². The average molecular weight is 434 g/mol. The van der Waals surface area contributed by atoms with Gasteiger partial charge in [0.15, 0.2) is 48.0 Å². The second kappa shape index (κ2) is 10.1. The lowest BCUT2D eigenvalue weighted by Crippen LogP contribution is -3.14. The first kappa shape index (κ1) is 23.2. The van der Waals surface area contributed by atoms with Crippen molar-refractivity contribution in [3.63, 3.8) is 0 Å². The zero-order valence-electron chi connectivity index (χ0n) is 15.7. The summed E-state index contributed by atoms with van der Waals surface area (Å²) in [6.45, 7) is 1.38. The first-order chi connectivity index (χ1) is 14.1. The van der Waals surface area contributed by atoms with E-state index in [0.29, 0.717) is 30.0 Å². The second-order valence-electron chi connectivity index (χ2n) is 6.40. The molecule has 162 valence electrons. The molecule has 0 fully saturated rings. The number of rotatable bonds is 8. The Morgan fingerprint density at radius 1 is 0.733 bits per heavy atom. The van der Waals surface area contributed by atoms with E-state index in [4.69, 9.17) is 0 Å². The molecule has 11 heteroatoms. The molecule has 3 N–H and O–H groups in total. The van der Waals surface area contributed by atoms with Crippen LogP contribution in [0.2, 0.25) is 0 Å². The zero-order valence-corrected chi connectivity index (χ0v) is 15.7. The van der Waals surface area contributed by atoms with Crippen LogP contribution in [0.15, 0.2) is 24.3 Å². The van der Waals surface area contributed by atoms with Crippen LogP contribution in [0.5, 0.6) is 0 Å². The van der Waals surface area contributed by atoms with E-state index in [1.807, 2.05) is 0 Å². The van der Waals surface area contributed by atoms with Crippen molar-refractivity contribution in [2.45, 2.75) is 13.3 Å². The predicted molar refractivity (Wildman–Crippen MR) is 95.7 cm³/mol. The van der Waals surface area contributed by atoms with Crippen LogP contribution in [0, 0.1) is 34.9 Å². The molecule has 2 aromatic carbocycles. The van der Waals surface area contributed by atoms with Gasteiger partial charge in [-0.05, 0) is 30.7 Å². The number of benzene rings is 2. The van der Waals surface area contributed by atoms with E-state index < -0.39 is 58.1 Å². The number of hydrogen-bond donors (Lipinski definition) is 3. The number of nitrogens with one attached hydrogen (secondary N) is 3. The number of halogens is 6. The van der Waals surface area contributed by atoms with E-state index in [-0.39, 0.29) is 13.1 Å². The molecule has 5 nitrogen and oxygen atoms in total. The predicted octanol–water partition coefficient (Wildman–Crippen LogP) is 2.39. The van der Waals surface area contributed by atoms with Gasteiger partial charge in [0.25, 0.3) is 11.8 Å². The molecule has 0 aliphatic heterocycles. The van der Waals surface area contributed by atoms with Crippen molar-refractivity contribution in [3.05, 3.63) is 59.2 Å². The fourth-order valence-electron chi connectivity index (χ4n) is 2.68. The second-order valence-corrected chi connectivity index (χ2v) is 6.40. The highest BCUT2D eigenvalue weighted by molar-refractivity contribution is 5.93. The van der Waals surface area contributed by atoms with Crippen molar-refractivity contribution in [2.24, 2.45) is 0 Å². The van der Waals surface area contributed by atoms with Crippen LogP contribution in [-0.2, 0) is 9.59 Å². The van der Waals surface area contributed by atoms with Crippen LogP contribution in [0.1, 0.15) is 13.3 Å². The summed E-state index contributed by atoms with van der Waals surface area (Å²) < 4.78 is 79.7. The molecular formula is C19H18F6N3O2+. The van der Waals surface area contributed by atoms with E-state index in [2.05, 4.69) is 10.6 Å². The summed E-state index contributed by atoms with van der Waals surface area (Å²) in [4.78, 5) is 24.6. The summed E-state index contributed by atoms with van der Waals surface area (Å²) in [5.74, 6) is -11.0. The van der Waals surface area contributed by atoms with E-state index in [1.54, 1.807) is 6.92 Å². The van der Waals surface area contributed by atoms with Gasteiger partial charge in [-0.25, -0.2) is 26.3 Å². The Balaban J connectivity index is 2.02. The molecule has 2 rings (SSSR count).